The lowest BCUT2D eigenvalue weighted by Crippen LogP contribution is -2.25. The van der Waals surface area contributed by atoms with Gasteiger partial charge in [-0.2, -0.15) is 5.10 Å². The van der Waals surface area contributed by atoms with Crippen molar-refractivity contribution in [2.75, 3.05) is 5.32 Å². The lowest BCUT2D eigenvalue weighted by molar-refractivity contribution is -0.119. The molecule has 0 unspecified atom stereocenters. The molecule has 2 rings (SSSR count). The number of carbonyl (C=O) groups excluding carboxylic acids is 1. The summed E-state index contributed by atoms with van der Waals surface area (Å²) in [6.45, 7) is 6.45. The third kappa shape index (κ3) is 3.70. The molecule has 1 aromatic carbocycles. The highest BCUT2D eigenvalue weighted by Gasteiger charge is 2.15. The third-order valence-electron chi connectivity index (χ3n) is 3.11. The number of benzene rings is 1. The molecule has 0 aliphatic heterocycles. The summed E-state index contributed by atoms with van der Waals surface area (Å²) in [5, 5.41) is 7.30. The summed E-state index contributed by atoms with van der Waals surface area (Å²) in [6, 6.07) is 9.57. The second-order valence-electron chi connectivity index (χ2n) is 5.01. The summed E-state index contributed by atoms with van der Waals surface area (Å²) in [6.07, 6.45) is 0. The minimum absolute atomic E-state index is 0.000115. The van der Waals surface area contributed by atoms with E-state index < -0.39 is 0 Å². The number of hydrogen-bond acceptors (Lipinski definition) is 2. The van der Waals surface area contributed by atoms with Crippen LogP contribution in [0.2, 0.25) is 0 Å². The van der Waals surface area contributed by atoms with E-state index >= 15 is 0 Å². The molecule has 5 heteroatoms. The zero-order chi connectivity index (χ0) is 14.7. The van der Waals surface area contributed by atoms with Gasteiger partial charge in [-0.25, -0.2) is 0 Å². The zero-order valence-electron chi connectivity index (χ0n) is 11.9. The van der Waals surface area contributed by atoms with Gasteiger partial charge in [0, 0.05) is 15.9 Å². The SMILES string of the molecule is Cc1cc(C)n(C[C@H](C)C(=O)Nc2ccc(Br)cc2)n1. The Morgan fingerprint density at radius 3 is 2.55 bits per heavy atom. The predicted molar refractivity (Wildman–Crippen MR) is 83.6 cm³/mol. The van der Waals surface area contributed by atoms with Gasteiger partial charge in [0.25, 0.3) is 0 Å². The summed E-state index contributed by atoms with van der Waals surface area (Å²) in [4.78, 5) is 12.2. The highest BCUT2D eigenvalue weighted by atomic mass is 79.9. The van der Waals surface area contributed by atoms with Crippen LogP contribution < -0.4 is 5.32 Å². The number of aromatic nitrogens is 2. The van der Waals surface area contributed by atoms with Gasteiger partial charge in [-0.05, 0) is 44.2 Å². The number of halogens is 1. The highest BCUT2D eigenvalue weighted by molar-refractivity contribution is 9.10. The number of carbonyl (C=O) groups is 1. The first kappa shape index (κ1) is 14.8. The van der Waals surface area contributed by atoms with E-state index in [4.69, 9.17) is 0 Å². The molecule has 1 amide bonds. The first-order valence-corrected chi connectivity index (χ1v) is 7.32. The maximum Gasteiger partial charge on any atom is 0.229 e. The average molecular weight is 336 g/mol. The maximum absolute atomic E-state index is 12.2. The van der Waals surface area contributed by atoms with Gasteiger partial charge in [0.15, 0.2) is 0 Å². The van der Waals surface area contributed by atoms with E-state index in [2.05, 4.69) is 26.3 Å². The number of amides is 1. The molecule has 0 saturated carbocycles. The van der Waals surface area contributed by atoms with Crippen molar-refractivity contribution in [3.05, 3.63) is 46.2 Å². The van der Waals surface area contributed by atoms with E-state index in [1.807, 2.05) is 55.8 Å². The van der Waals surface area contributed by atoms with Gasteiger partial charge in [-0.15, -0.1) is 0 Å². The fourth-order valence-electron chi connectivity index (χ4n) is 2.00. The molecule has 0 bridgehead atoms. The standard InChI is InChI=1S/C15H18BrN3O/c1-10(9-19-12(3)8-11(2)18-19)15(20)17-14-6-4-13(16)5-7-14/h4-8,10H,9H2,1-3H3,(H,17,20)/t10-/m0/s1. The number of hydrogen-bond donors (Lipinski definition) is 1. The van der Waals surface area contributed by atoms with Crippen molar-refractivity contribution in [1.29, 1.82) is 0 Å². The summed E-state index contributed by atoms with van der Waals surface area (Å²) >= 11 is 3.37. The number of rotatable bonds is 4. The van der Waals surface area contributed by atoms with Gasteiger partial charge in [0.1, 0.15) is 0 Å². The van der Waals surface area contributed by atoms with Gasteiger partial charge in [0.05, 0.1) is 18.2 Å². The highest BCUT2D eigenvalue weighted by Crippen LogP contribution is 2.15. The zero-order valence-corrected chi connectivity index (χ0v) is 13.4. The molecule has 0 spiro atoms. The minimum atomic E-state index is -0.142. The summed E-state index contributed by atoms with van der Waals surface area (Å²) < 4.78 is 2.87. The fraction of sp³-hybridized carbons (Fsp3) is 0.333. The smallest absolute Gasteiger partial charge is 0.229 e. The fourth-order valence-corrected chi connectivity index (χ4v) is 2.27. The lowest BCUT2D eigenvalue weighted by atomic mass is 10.1. The van der Waals surface area contributed by atoms with Gasteiger partial charge in [-0.1, -0.05) is 22.9 Å². The largest absolute Gasteiger partial charge is 0.326 e. The Morgan fingerprint density at radius 2 is 2.00 bits per heavy atom. The van der Waals surface area contributed by atoms with E-state index in [1.165, 1.54) is 0 Å². The Labute approximate surface area is 127 Å². The molecule has 0 aliphatic carbocycles. The monoisotopic (exact) mass is 335 g/mol. The molecule has 0 saturated heterocycles. The third-order valence-corrected chi connectivity index (χ3v) is 3.64. The van der Waals surface area contributed by atoms with Crippen molar-refractivity contribution in [2.45, 2.75) is 27.3 Å². The van der Waals surface area contributed by atoms with Gasteiger partial charge < -0.3 is 5.32 Å². The topological polar surface area (TPSA) is 46.9 Å². The quantitative estimate of drug-likeness (QED) is 0.928. The van der Waals surface area contributed by atoms with Gasteiger partial charge >= 0.3 is 0 Å². The number of aryl methyl sites for hydroxylation is 2. The van der Waals surface area contributed by atoms with Crippen LogP contribution in [0.15, 0.2) is 34.8 Å². The van der Waals surface area contributed by atoms with Crippen LogP contribution in [0.3, 0.4) is 0 Å². The van der Waals surface area contributed by atoms with Crippen molar-refractivity contribution in [3.63, 3.8) is 0 Å². The normalized spacial score (nSPS) is 12.2. The first-order valence-electron chi connectivity index (χ1n) is 6.53. The molecular weight excluding hydrogens is 318 g/mol. The minimum Gasteiger partial charge on any atom is -0.326 e. The van der Waals surface area contributed by atoms with E-state index in [-0.39, 0.29) is 11.8 Å². The maximum atomic E-state index is 12.2. The van der Waals surface area contributed by atoms with Crippen LogP contribution in [0.25, 0.3) is 0 Å². The predicted octanol–water partition coefficient (Wildman–Crippen LogP) is 3.54. The molecule has 106 valence electrons. The number of anilines is 1. The lowest BCUT2D eigenvalue weighted by Gasteiger charge is -2.13. The summed E-state index contributed by atoms with van der Waals surface area (Å²) in [5.74, 6) is -0.142. The second kappa shape index (κ2) is 6.22. The van der Waals surface area contributed by atoms with Crippen molar-refractivity contribution in [3.8, 4) is 0 Å². The molecule has 4 nitrogen and oxygen atoms in total. The first-order chi connectivity index (χ1) is 9.45. The average Bonchev–Trinajstić information content (AvgIpc) is 2.70. The summed E-state index contributed by atoms with van der Waals surface area (Å²) in [7, 11) is 0. The molecule has 1 N–H and O–H groups in total. The van der Waals surface area contributed by atoms with E-state index in [9.17, 15) is 4.79 Å². The van der Waals surface area contributed by atoms with Crippen molar-refractivity contribution < 1.29 is 4.79 Å². The van der Waals surface area contributed by atoms with Crippen LogP contribution in [-0.4, -0.2) is 15.7 Å². The van der Waals surface area contributed by atoms with Crippen LogP contribution >= 0.6 is 15.9 Å². The Morgan fingerprint density at radius 1 is 1.35 bits per heavy atom. The number of nitrogens with zero attached hydrogens (tertiary/aromatic N) is 2. The van der Waals surface area contributed by atoms with E-state index in [1.54, 1.807) is 0 Å². The molecule has 0 radical (unpaired) electrons. The van der Waals surface area contributed by atoms with Crippen molar-refractivity contribution in [1.82, 2.24) is 9.78 Å². The Hall–Kier alpha value is -1.62. The van der Waals surface area contributed by atoms with E-state index in [0.717, 1.165) is 21.5 Å². The van der Waals surface area contributed by atoms with Crippen molar-refractivity contribution in [2.24, 2.45) is 5.92 Å². The molecule has 1 aromatic heterocycles. The Balaban J connectivity index is 1.98. The molecule has 1 atom stereocenters. The molecule has 20 heavy (non-hydrogen) atoms. The molecule has 0 aliphatic rings. The molecular formula is C15H18BrN3O. The molecule has 0 fully saturated rings. The number of nitrogens with one attached hydrogen (secondary N) is 1. The molecule has 2 aromatic rings. The van der Waals surface area contributed by atoms with Crippen LogP contribution in [0.5, 0.6) is 0 Å². The summed E-state index contributed by atoms with van der Waals surface area (Å²) in [5.41, 5.74) is 2.85. The van der Waals surface area contributed by atoms with Crippen LogP contribution in [0, 0.1) is 19.8 Å². The van der Waals surface area contributed by atoms with Crippen LogP contribution in [-0.2, 0) is 11.3 Å². The Bertz CT molecular complexity index is 604. The van der Waals surface area contributed by atoms with Gasteiger partial charge in [0.2, 0.25) is 5.91 Å². The molecule has 1 heterocycles. The van der Waals surface area contributed by atoms with Crippen LogP contribution in [0.4, 0.5) is 5.69 Å². The second-order valence-corrected chi connectivity index (χ2v) is 5.92. The Kier molecular flexibility index (Phi) is 4.60. The van der Waals surface area contributed by atoms with Crippen LogP contribution in [0.1, 0.15) is 18.3 Å². The van der Waals surface area contributed by atoms with Crippen molar-refractivity contribution >= 4 is 27.5 Å². The van der Waals surface area contributed by atoms with Gasteiger partial charge in [-0.3, -0.25) is 9.48 Å². The van der Waals surface area contributed by atoms with E-state index in [0.29, 0.717) is 6.54 Å².